The summed E-state index contributed by atoms with van der Waals surface area (Å²) in [5.41, 5.74) is 3.17. The lowest BCUT2D eigenvalue weighted by atomic mass is 10.0. The molecule has 13 heteroatoms. The van der Waals surface area contributed by atoms with Crippen LogP contribution in [-0.2, 0) is 45.2 Å². The van der Waals surface area contributed by atoms with E-state index in [9.17, 15) is 24.0 Å². The van der Waals surface area contributed by atoms with Crippen LogP contribution in [0.25, 0.3) is 11.1 Å². The van der Waals surface area contributed by atoms with Gasteiger partial charge in [-0.2, -0.15) is 0 Å². The number of aliphatic hydroxyl groups excluding tert-OH is 2. The number of phosphoric acid groups is 2. The highest BCUT2D eigenvalue weighted by Crippen LogP contribution is 2.45. The summed E-state index contributed by atoms with van der Waals surface area (Å²) in [5, 5.41) is 19.2. The van der Waals surface area contributed by atoms with Gasteiger partial charge < -0.3 is 42.8 Å². The minimum absolute atomic E-state index is 0.0440. The van der Waals surface area contributed by atoms with E-state index in [1.807, 2.05) is 24.3 Å². The minimum atomic E-state index is -4.90. The fraction of sp³-hybridized carbons (Fsp3) is 0.455. The number of hydrogen-bond donors (Lipinski definition) is 2. The van der Waals surface area contributed by atoms with E-state index >= 15 is 0 Å². The van der Waals surface area contributed by atoms with Crippen molar-refractivity contribution in [2.45, 2.75) is 51.5 Å². The molecule has 1 aliphatic rings. The highest BCUT2D eigenvalue weighted by Gasteiger charge is 2.40. The first kappa shape index (κ1) is 28.1. The summed E-state index contributed by atoms with van der Waals surface area (Å²) in [7, 11) is -9.53. The van der Waals surface area contributed by atoms with Crippen molar-refractivity contribution in [1.82, 2.24) is 0 Å². The van der Waals surface area contributed by atoms with Crippen LogP contribution in [0.15, 0.2) is 48.5 Å². The van der Waals surface area contributed by atoms with Crippen LogP contribution < -0.4 is 9.79 Å². The molecule has 0 radical (unpaired) electrons. The van der Waals surface area contributed by atoms with E-state index < -0.39 is 46.7 Å². The van der Waals surface area contributed by atoms with Gasteiger partial charge in [0, 0.05) is 0 Å². The molecule has 194 valence electrons. The fourth-order valence-corrected chi connectivity index (χ4v) is 5.17. The predicted octanol–water partition coefficient (Wildman–Crippen LogP) is 1.89. The summed E-state index contributed by atoms with van der Waals surface area (Å²) >= 11 is 0. The summed E-state index contributed by atoms with van der Waals surface area (Å²) < 4.78 is 48.6. The van der Waals surface area contributed by atoms with Crippen molar-refractivity contribution in [3.8, 4) is 11.1 Å². The molecule has 0 bridgehead atoms. The van der Waals surface area contributed by atoms with Crippen molar-refractivity contribution in [3.63, 3.8) is 0 Å². The van der Waals surface area contributed by atoms with E-state index in [1.54, 1.807) is 24.3 Å². The molecule has 2 N–H and O–H groups in total. The minimum Gasteiger partial charge on any atom is -0.756 e. The Morgan fingerprint density at radius 1 is 0.971 bits per heavy atom. The van der Waals surface area contributed by atoms with Crippen LogP contribution in [0.5, 0.6) is 0 Å². The highest BCUT2D eigenvalue weighted by molar-refractivity contribution is 7.46. The number of benzene rings is 2. The maximum Gasteiger partial charge on any atom is 0.268 e. The van der Waals surface area contributed by atoms with Crippen molar-refractivity contribution in [2.24, 2.45) is 0 Å². The molecule has 5 atom stereocenters. The van der Waals surface area contributed by atoms with Crippen LogP contribution in [0.3, 0.4) is 0 Å². The number of aliphatic hydroxyl groups is 2. The third kappa shape index (κ3) is 8.56. The van der Waals surface area contributed by atoms with E-state index in [4.69, 9.17) is 23.4 Å². The molecule has 3 rings (SSSR count). The van der Waals surface area contributed by atoms with Crippen LogP contribution in [0.1, 0.15) is 25.0 Å². The van der Waals surface area contributed by atoms with Gasteiger partial charge in [-0.25, -0.2) is 0 Å². The van der Waals surface area contributed by atoms with Gasteiger partial charge in [0.25, 0.3) is 15.6 Å². The maximum absolute atomic E-state index is 12.4. The summed E-state index contributed by atoms with van der Waals surface area (Å²) in [4.78, 5) is 24.1. The zero-order chi connectivity index (χ0) is 25.6. The quantitative estimate of drug-likeness (QED) is 0.385. The first-order chi connectivity index (χ1) is 16.5. The van der Waals surface area contributed by atoms with E-state index in [-0.39, 0.29) is 19.8 Å². The molecule has 0 aromatic heterocycles. The van der Waals surface area contributed by atoms with Crippen molar-refractivity contribution >= 4 is 15.6 Å². The molecule has 0 saturated carbocycles. The Bertz CT molecular complexity index is 1040. The average molecular weight is 530 g/mol. The smallest absolute Gasteiger partial charge is 0.268 e. The van der Waals surface area contributed by atoms with Gasteiger partial charge in [0.05, 0.1) is 32.5 Å². The summed E-state index contributed by atoms with van der Waals surface area (Å²) in [6.07, 6.45) is -4.56. The van der Waals surface area contributed by atoms with E-state index in [2.05, 4.69) is 4.52 Å². The van der Waals surface area contributed by atoms with Gasteiger partial charge in [-0.3, -0.25) is 9.13 Å². The lowest BCUT2D eigenvalue weighted by molar-refractivity contribution is -0.237. The van der Waals surface area contributed by atoms with Crippen molar-refractivity contribution in [3.05, 3.63) is 59.7 Å². The molecule has 1 saturated heterocycles. The SMILES string of the molecule is CC(C)OP(=O)([O-])OC[C@H]1OC[C@H](O)[C@@H]1OP(=O)([O-])OCc1ccc(-c2ccc(CO)cc2)cc1. The van der Waals surface area contributed by atoms with E-state index in [1.165, 1.54) is 13.8 Å². The Morgan fingerprint density at radius 3 is 2.09 bits per heavy atom. The van der Waals surface area contributed by atoms with Crippen LogP contribution in [0, 0.1) is 0 Å². The van der Waals surface area contributed by atoms with Gasteiger partial charge in [0.15, 0.2) is 0 Å². The zero-order valence-electron chi connectivity index (χ0n) is 19.2. The van der Waals surface area contributed by atoms with E-state index in [0.29, 0.717) is 5.56 Å². The number of phosphoric ester groups is 2. The number of rotatable bonds is 12. The van der Waals surface area contributed by atoms with Crippen LogP contribution in [0.2, 0.25) is 0 Å². The molecule has 1 aliphatic heterocycles. The molecule has 11 nitrogen and oxygen atoms in total. The zero-order valence-corrected chi connectivity index (χ0v) is 21.0. The topological polar surface area (TPSA) is 167 Å². The van der Waals surface area contributed by atoms with E-state index in [0.717, 1.165) is 16.7 Å². The standard InChI is InChI=1S/C22H30O11P2/c1-15(2)32-34(25,26)31-14-21-22(20(24)13-29-21)33-35(27,28)30-12-17-5-9-19(10-6-17)18-7-3-16(11-23)4-8-18/h3-10,15,20-24H,11-14H2,1-2H3,(H,25,26)(H,27,28)/p-2/t20-,21+,22-/m0/s1. The molecule has 2 aromatic rings. The molecule has 0 amide bonds. The maximum atomic E-state index is 12.4. The van der Waals surface area contributed by atoms with Gasteiger partial charge in [0.1, 0.15) is 18.3 Å². The Balaban J connectivity index is 1.55. The Labute approximate surface area is 203 Å². The van der Waals surface area contributed by atoms with Crippen LogP contribution in [-0.4, -0.2) is 47.8 Å². The normalized spacial score (nSPS) is 23.8. The summed E-state index contributed by atoms with van der Waals surface area (Å²) in [6, 6.07) is 14.3. The summed E-state index contributed by atoms with van der Waals surface area (Å²) in [5.74, 6) is 0. The molecule has 35 heavy (non-hydrogen) atoms. The third-order valence-electron chi connectivity index (χ3n) is 5.03. The molecule has 0 aliphatic carbocycles. The largest absolute Gasteiger partial charge is 0.756 e. The Morgan fingerprint density at radius 2 is 1.54 bits per heavy atom. The average Bonchev–Trinajstić information content (AvgIpc) is 3.14. The molecule has 1 heterocycles. The Hall–Kier alpha value is -1.46. The van der Waals surface area contributed by atoms with Gasteiger partial charge in [0.2, 0.25) is 0 Å². The second-order valence-corrected chi connectivity index (χ2v) is 10.9. The molecule has 1 fully saturated rings. The fourth-order valence-electron chi connectivity index (χ4n) is 3.32. The molecular formula is C22H28O11P2-2. The second-order valence-electron chi connectivity index (χ2n) is 8.18. The lowest BCUT2D eigenvalue weighted by Gasteiger charge is -2.31. The third-order valence-corrected chi connectivity index (χ3v) is 7.12. The van der Waals surface area contributed by atoms with Crippen molar-refractivity contribution in [2.75, 3.05) is 13.2 Å². The number of ether oxygens (including phenoxy) is 1. The van der Waals surface area contributed by atoms with Crippen molar-refractivity contribution in [1.29, 1.82) is 0 Å². The lowest BCUT2D eigenvalue weighted by Crippen LogP contribution is -2.36. The molecular weight excluding hydrogens is 502 g/mol. The highest BCUT2D eigenvalue weighted by atomic mass is 31.2. The van der Waals surface area contributed by atoms with Gasteiger partial charge in [-0.05, 0) is 36.1 Å². The Kier molecular flexibility index (Phi) is 9.79. The monoisotopic (exact) mass is 530 g/mol. The van der Waals surface area contributed by atoms with Gasteiger partial charge in [-0.1, -0.05) is 48.5 Å². The first-order valence-electron chi connectivity index (χ1n) is 10.8. The molecule has 0 spiro atoms. The van der Waals surface area contributed by atoms with Crippen LogP contribution >= 0.6 is 15.6 Å². The van der Waals surface area contributed by atoms with Crippen LogP contribution in [0.4, 0.5) is 0 Å². The molecule has 2 unspecified atom stereocenters. The first-order valence-corrected chi connectivity index (χ1v) is 13.8. The summed E-state index contributed by atoms with van der Waals surface area (Å²) in [6.45, 7) is 1.78. The van der Waals surface area contributed by atoms with Gasteiger partial charge >= 0.3 is 0 Å². The molecule has 2 aromatic carbocycles. The number of hydrogen-bond acceptors (Lipinski definition) is 11. The van der Waals surface area contributed by atoms with Gasteiger partial charge in [-0.15, -0.1) is 0 Å². The predicted molar refractivity (Wildman–Crippen MR) is 121 cm³/mol. The van der Waals surface area contributed by atoms with Crippen molar-refractivity contribution < 1.29 is 52.0 Å². The second kappa shape index (κ2) is 12.2.